The fourth-order valence-corrected chi connectivity index (χ4v) is 3.34. The molecular weight excluding hydrogens is 326 g/mol. The fourth-order valence-electron chi connectivity index (χ4n) is 2.49. The Kier molecular flexibility index (Phi) is 5.84. The molecule has 0 radical (unpaired) electrons. The van der Waals surface area contributed by atoms with E-state index in [2.05, 4.69) is 20.4 Å². The number of benzene rings is 1. The van der Waals surface area contributed by atoms with Crippen LogP contribution in [0.2, 0.25) is 0 Å². The first-order chi connectivity index (χ1) is 11.8. The molecule has 0 unspecified atom stereocenters. The van der Waals surface area contributed by atoms with Crippen LogP contribution in [-0.2, 0) is 16.1 Å². The van der Waals surface area contributed by atoms with Crippen molar-refractivity contribution in [1.82, 2.24) is 25.0 Å². The summed E-state index contributed by atoms with van der Waals surface area (Å²) in [4.78, 5) is 13.9. The van der Waals surface area contributed by atoms with E-state index in [-0.39, 0.29) is 5.91 Å². The Morgan fingerprint density at radius 3 is 2.71 bits per heavy atom. The molecule has 2 aromatic rings. The molecule has 8 heteroatoms. The predicted molar refractivity (Wildman–Crippen MR) is 92.2 cm³/mol. The Morgan fingerprint density at radius 1 is 1.25 bits per heavy atom. The third-order valence-corrected chi connectivity index (χ3v) is 4.72. The number of carbonyl (C=O) groups is 1. The van der Waals surface area contributed by atoms with Crippen LogP contribution in [0.1, 0.15) is 5.82 Å². The van der Waals surface area contributed by atoms with E-state index in [1.54, 1.807) is 7.05 Å². The second-order valence-corrected chi connectivity index (χ2v) is 6.36. The summed E-state index contributed by atoms with van der Waals surface area (Å²) in [5, 5.41) is 12.0. The van der Waals surface area contributed by atoms with Gasteiger partial charge in [-0.05, 0) is 12.1 Å². The molecule has 3 rings (SSSR count). The Balaban J connectivity index is 1.84. The van der Waals surface area contributed by atoms with Gasteiger partial charge in [0.25, 0.3) is 0 Å². The second kappa shape index (κ2) is 8.27. The number of morpholine rings is 1. The maximum Gasteiger partial charge on any atom is 0.230 e. The SMILES string of the molecule is CNC(=O)CSc1nnc(CN2CCOCC2)n1-c1ccccc1. The quantitative estimate of drug-likeness (QED) is 0.784. The topological polar surface area (TPSA) is 72.3 Å². The zero-order valence-electron chi connectivity index (χ0n) is 13.6. The van der Waals surface area contributed by atoms with Crippen LogP contribution >= 0.6 is 11.8 Å². The van der Waals surface area contributed by atoms with Crippen molar-refractivity contribution in [3.63, 3.8) is 0 Å². The minimum Gasteiger partial charge on any atom is -0.379 e. The Labute approximate surface area is 145 Å². The van der Waals surface area contributed by atoms with Gasteiger partial charge in [-0.15, -0.1) is 10.2 Å². The third kappa shape index (κ3) is 4.14. The largest absolute Gasteiger partial charge is 0.379 e. The summed E-state index contributed by atoms with van der Waals surface area (Å²) >= 11 is 1.39. The van der Waals surface area contributed by atoms with Gasteiger partial charge in [0, 0.05) is 25.8 Å². The van der Waals surface area contributed by atoms with Crippen LogP contribution in [0.5, 0.6) is 0 Å². The van der Waals surface area contributed by atoms with E-state index in [0.29, 0.717) is 12.3 Å². The van der Waals surface area contributed by atoms with Crippen molar-refractivity contribution in [2.75, 3.05) is 39.1 Å². The van der Waals surface area contributed by atoms with Crippen molar-refractivity contribution >= 4 is 17.7 Å². The highest BCUT2D eigenvalue weighted by Gasteiger charge is 2.19. The van der Waals surface area contributed by atoms with Gasteiger partial charge < -0.3 is 10.1 Å². The van der Waals surface area contributed by atoms with Crippen LogP contribution in [0.3, 0.4) is 0 Å². The van der Waals surface area contributed by atoms with E-state index >= 15 is 0 Å². The van der Waals surface area contributed by atoms with Crippen molar-refractivity contribution in [3.8, 4) is 5.69 Å². The third-order valence-electron chi connectivity index (χ3n) is 3.79. The fraction of sp³-hybridized carbons (Fsp3) is 0.438. The molecule has 0 aliphatic carbocycles. The summed E-state index contributed by atoms with van der Waals surface area (Å²) in [6.45, 7) is 3.99. The molecule has 1 aromatic carbocycles. The van der Waals surface area contributed by atoms with Crippen molar-refractivity contribution < 1.29 is 9.53 Å². The summed E-state index contributed by atoms with van der Waals surface area (Å²) in [7, 11) is 1.63. The molecule has 0 bridgehead atoms. The molecule has 1 saturated heterocycles. The molecule has 0 spiro atoms. The van der Waals surface area contributed by atoms with Gasteiger partial charge >= 0.3 is 0 Å². The van der Waals surface area contributed by atoms with Gasteiger partial charge in [0.05, 0.1) is 25.5 Å². The number of rotatable bonds is 6. The van der Waals surface area contributed by atoms with Crippen LogP contribution in [0.15, 0.2) is 35.5 Å². The average molecular weight is 347 g/mol. The number of para-hydroxylation sites is 1. The molecule has 0 atom stereocenters. The standard InChI is InChI=1S/C16H21N5O2S/c1-17-15(22)12-24-16-19-18-14(11-20-7-9-23-10-8-20)21(16)13-5-3-2-4-6-13/h2-6H,7-12H2,1H3,(H,17,22). The number of thioether (sulfide) groups is 1. The zero-order valence-corrected chi connectivity index (χ0v) is 14.5. The van der Waals surface area contributed by atoms with Crippen molar-refractivity contribution in [3.05, 3.63) is 36.2 Å². The van der Waals surface area contributed by atoms with E-state index in [9.17, 15) is 4.79 Å². The Morgan fingerprint density at radius 2 is 2.00 bits per heavy atom. The van der Waals surface area contributed by atoms with Gasteiger partial charge in [-0.25, -0.2) is 0 Å². The van der Waals surface area contributed by atoms with Crippen molar-refractivity contribution in [2.24, 2.45) is 0 Å². The van der Waals surface area contributed by atoms with Gasteiger partial charge in [-0.2, -0.15) is 0 Å². The lowest BCUT2D eigenvalue weighted by molar-refractivity contribution is -0.118. The first-order valence-corrected chi connectivity index (χ1v) is 8.89. The summed E-state index contributed by atoms with van der Waals surface area (Å²) in [6.07, 6.45) is 0. The Hall–Kier alpha value is -1.90. The van der Waals surface area contributed by atoms with Crippen LogP contribution in [0.4, 0.5) is 0 Å². The van der Waals surface area contributed by atoms with E-state index in [1.165, 1.54) is 11.8 Å². The van der Waals surface area contributed by atoms with E-state index in [0.717, 1.165) is 43.0 Å². The lowest BCUT2D eigenvalue weighted by Crippen LogP contribution is -2.36. The molecule has 1 N–H and O–H groups in total. The molecule has 7 nitrogen and oxygen atoms in total. The highest BCUT2D eigenvalue weighted by Crippen LogP contribution is 2.22. The van der Waals surface area contributed by atoms with Gasteiger partial charge in [0.2, 0.25) is 5.91 Å². The number of ether oxygens (including phenoxy) is 1. The number of nitrogens with one attached hydrogen (secondary N) is 1. The minimum atomic E-state index is -0.0302. The van der Waals surface area contributed by atoms with Crippen molar-refractivity contribution in [2.45, 2.75) is 11.7 Å². The number of hydrogen-bond acceptors (Lipinski definition) is 6. The highest BCUT2D eigenvalue weighted by atomic mass is 32.2. The van der Waals surface area contributed by atoms with Crippen molar-refractivity contribution in [1.29, 1.82) is 0 Å². The molecule has 1 fully saturated rings. The van der Waals surface area contributed by atoms with Gasteiger partial charge in [0.15, 0.2) is 11.0 Å². The molecule has 2 heterocycles. The lowest BCUT2D eigenvalue weighted by atomic mass is 10.3. The summed E-state index contributed by atoms with van der Waals surface area (Å²) in [5.41, 5.74) is 1.00. The van der Waals surface area contributed by atoms with Crippen LogP contribution in [-0.4, -0.2) is 64.7 Å². The van der Waals surface area contributed by atoms with Gasteiger partial charge in [-0.1, -0.05) is 30.0 Å². The molecule has 1 aliphatic heterocycles. The lowest BCUT2D eigenvalue weighted by Gasteiger charge is -2.26. The number of hydrogen-bond donors (Lipinski definition) is 1. The Bertz CT molecular complexity index is 670. The smallest absolute Gasteiger partial charge is 0.230 e. The van der Waals surface area contributed by atoms with E-state index in [4.69, 9.17) is 4.74 Å². The zero-order chi connectivity index (χ0) is 16.8. The first kappa shape index (κ1) is 16.9. The maximum absolute atomic E-state index is 11.5. The normalized spacial score (nSPS) is 15.4. The second-order valence-electron chi connectivity index (χ2n) is 5.42. The molecule has 1 aromatic heterocycles. The van der Waals surface area contributed by atoms with Gasteiger partial charge in [0.1, 0.15) is 0 Å². The van der Waals surface area contributed by atoms with E-state index in [1.807, 2.05) is 34.9 Å². The van der Waals surface area contributed by atoms with E-state index < -0.39 is 0 Å². The predicted octanol–water partition coefficient (Wildman–Crippen LogP) is 0.938. The monoisotopic (exact) mass is 347 g/mol. The van der Waals surface area contributed by atoms with Crippen LogP contribution < -0.4 is 5.32 Å². The summed E-state index contributed by atoms with van der Waals surface area (Å²) < 4.78 is 7.43. The number of nitrogens with zero attached hydrogens (tertiary/aromatic N) is 4. The highest BCUT2D eigenvalue weighted by molar-refractivity contribution is 7.99. The molecule has 1 amide bonds. The number of amides is 1. The van der Waals surface area contributed by atoms with Crippen LogP contribution in [0, 0.1) is 0 Å². The number of aromatic nitrogens is 3. The summed E-state index contributed by atoms with van der Waals surface area (Å²) in [6, 6.07) is 10.0. The molecule has 0 saturated carbocycles. The van der Waals surface area contributed by atoms with Gasteiger partial charge in [-0.3, -0.25) is 14.3 Å². The first-order valence-electron chi connectivity index (χ1n) is 7.91. The molecule has 24 heavy (non-hydrogen) atoms. The summed E-state index contributed by atoms with van der Waals surface area (Å²) in [5.74, 6) is 1.17. The molecule has 1 aliphatic rings. The molecular formula is C16H21N5O2S. The minimum absolute atomic E-state index is 0.0302. The molecule has 128 valence electrons. The van der Waals surface area contributed by atoms with Crippen LogP contribution in [0.25, 0.3) is 5.69 Å². The average Bonchev–Trinajstić information content (AvgIpc) is 3.03. The number of carbonyl (C=O) groups excluding carboxylic acids is 1. The maximum atomic E-state index is 11.5.